The Morgan fingerprint density at radius 2 is 1.56 bits per heavy atom. The Morgan fingerprint density at radius 3 is 2.16 bits per heavy atom. The van der Waals surface area contributed by atoms with Gasteiger partial charge in [-0.1, -0.05) is 60.7 Å². The smallest absolute Gasteiger partial charge is 0.304 e. The Kier molecular flexibility index (Phi) is 9.11. The lowest BCUT2D eigenvalue weighted by Crippen LogP contribution is -2.32. The van der Waals surface area contributed by atoms with Gasteiger partial charge in [-0.15, -0.1) is 0 Å². The maximum atomic E-state index is 10.6. The molecule has 32 heavy (non-hydrogen) atoms. The van der Waals surface area contributed by atoms with Gasteiger partial charge in [0.05, 0.1) is 24.0 Å². The fraction of sp³-hybridized carbons (Fsp3) is 0.346. The van der Waals surface area contributed by atoms with Crippen LogP contribution in [0.4, 0.5) is 5.82 Å². The van der Waals surface area contributed by atoms with E-state index in [1.165, 1.54) is 0 Å². The number of benzene rings is 2. The number of anilines is 1. The van der Waals surface area contributed by atoms with Crippen molar-refractivity contribution in [2.75, 3.05) is 23.0 Å². The van der Waals surface area contributed by atoms with E-state index in [1.807, 2.05) is 42.6 Å². The zero-order chi connectivity index (χ0) is 22.8. The van der Waals surface area contributed by atoms with Gasteiger partial charge in [0.25, 0.3) is 0 Å². The topological polar surface area (TPSA) is 66.3 Å². The van der Waals surface area contributed by atoms with E-state index in [0.29, 0.717) is 11.8 Å². The molecule has 3 aromatic rings. The highest BCUT2D eigenvalue weighted by Crippen LogP contribution is 2.31. The third-order valence-corrected chi connectivity index (χ3v) is 6.24. The van der Waals surface area contributed by atoms with Crippen LogP contribution in [0, 0.1) is 0 Å². The Bertz CT molecular complexity index is 981. The van der Waals surface area contributed by atoms with E-state index >= 15 is 0 Å². The van der Waals surface area contributed by atoms with Gasteiger partial charge < -0.3 is 10.0 Å². The van der Waals surface area contributed by atoms with Crippen molar-refractivity contribution >= 4 is 23.5 Å². The van der Waals surface area contributed by atoms with Crippen LogP contribution in [0.15, 0.2) is 66.9 Å². The summed E-state index contributed by atoms with van der Waals surface area (Å²) in [5.41, 5.74) is 3.89. The third kappa shape index (κ3) is 6.82. The number of aliphatic carboxylic acids is 1. The van der Waals surface area contributed by atoms with Gasteiger partial charge >= 0.3 is 5.97 Å². The van der Waals surface area contributed by atoms with Crippen LogP contribution in [0.2, 0.25) is 0 Å². The number of unbranched alkanes of at least 4 members (excludes halogenated alkanes) is 1. The third-order valence-electron chi connectivity index (χ3n) is 5.17. The van der Waals surface area contributed by atoms with Gasteiger partial charge in [-0.25, -0.2) is 4.98 Å². The molecule has 0 fully saturated rings. The largest absolute Gasteiger partial charge is 0.481 e. The number of hydrogen-bond donors (Lipinski definition) is 1. The summed E-state index contributed by atoms with van der Waals surface area (Å²) in [6.45, 7) is 5.25. The predicted molar refractivity (Wildman–Crippen MR) is 134 cm³/mol. The summed E-state index contributed by atoms with van der Waals surface area (Å²) in [6, 6.07) is 20.7. The molecule has 0 aliphatic carbocycles. The van der Waals surface area contributed by atoms with Crippen molar-refractivity contribution in [2.45, 2.75) is 39.2 Å². The first-order valence-electron chi connectivity index (χ1n) is 11.1. The summed E-state index contributed by atoms with van der Waals surface area (Å²) >= 11 is 1.71. The predicted octanol–water partition coefficient (Wildman–Crippen LogP) is 6.01. The van der Waals surface area contributed by atoms with E-state index in [-0.39, 0.29) is 6.42 Å². The molecule has 1 heterocycles. The van der Waals surface area contributed by atoms with E-state index < -0.39 is 5.97 Å². The summed E-state index contributed by atoms with van der Waals surface area (Å²) in [7, 11) is 0. The first-order chi connectivity index (χ1) is 15.6. The Labute approximate surface area is 194 Å². The molecule has 0 amide bonds. The minimum absolute atomic E-state index is 0.231. The van der Waals surface area contributed by atoms with E-state index in [4.69, 9.17) is 15.1 Å². The van der Waals surface area contributed by atoms with Crippen LogP contribution in [-0.4, -0.2) is 45.1 Å². The summed E-state index contributed by atoms with van der Waals surface area (Å²) < 4.78 is 0. The highest BCUT2D eigenvalue weighted by Gasteiger charge is 2.17. The van der Waals surface area contributed by atoms with E-state index in [2.05, 4.69) is 43.0 Å². The molecule has 5 nitrogen and oxygen atoms in total. The molecule has 0 atom stereocenters. The summed E-state index contributed by atoms with van der Waals surface area (Å²) in [6.07, 6.45) is 4.19. The van der Waals surface area contributed by atoms with Crippen LogP contribution in [-0.2, 0) is 4.79 Å². The number of carboxylic acids is 1. The molecule has 0 unspecified atom stereocenters. The average molecular weight is 450 g/mol. The number of aromatic nitrogens is 2. The van der Waals surface area contributed by atoms with Crippen molar-refractivity contribution in [3.05, 3.63) is 66.9 Å². The highest BCUT2D eigenvalue weighted by atomic mass is 32.2. The van der Waals surface area contributed by atoms with Gasteiger partial charge in [-0.2, -0.15) is 11.8 Å². The van der Waals surface area contributed by atoms with Gasteiger partial charge in [0, 0.05) is 29.5 Å². The highest BCUT2D eigenvalue weighted by molar-refractivity contribution is 7.99. The van der Waals surface area contributed by atoms with Gasteiger partial charge in [0.1, 0.15) is 5.82 Å². The molecule has 0 saturated carbocycles. The Morgan fingerprint density at radius 1 is 0.938 bits per heavy atom. The monoisotopic (exact) mass is 449 g/mol. The molecule has 0 aliphatic rings. The summed E-state index contributed by atoms with van der Waals surface area (Å²) in [5, 5.41) is 8.74. The summed E-state index contributed by atoms with van der Waals surface area (Å²) in [5.74, 6) is 1.82. The molecule has 168 valence electrons. The summed E-state index contributed by atoms with van der Waals surface area (Å²) in [4.78, 5) is 22.9. The molecular formula is C26H31N3O2S. The molecule has 0 saturated heterocycles. The van der Waals surface area contributed by atoms with E-state index in [9.17, 15) is 4.79 Å². The van der Waals surface area contributed by atoms with Crippen LogP contribution >= 0.6 is 11.8 Å². The second-order valence-electron chi connectivity index (χ2n) is 7.91. The fourth-order valence-corrected chi connectivity index (χ4v) is 4.44. The molecule has 3 rings (SSSR count). The van der Waals surface area contributed by atoms with Crippen molar-refractivity contribution in [1.29, 1.82) is 0 Å². The number of carbonyl (C=O) groups is 1. The average Bonchev–Trinajstić information content (AvgIpc) is 2.81. The zero-order valence-electron chi connectivity index (χ0n) is 18.8. The van der Waals surface area contributed by atoms with Crippen LogP contribution < -0.4 is 4.90 Å². The number of rotatable bonds is 12. The van der Waals surface area contributed by atoms with Crippen LogP contribution in [0.1, 0.15) is 33.1 Å². The number of nitrogens with zero attached hydrogens (tertiary/aromatic N) is 3. The second kappa shape index (κ2) is 12.2. The molecule has 1 aromatic heterocycles. The maximum absolute atomic E-state index is 10.6. The van der Waals surface area contributed by atoms with Gasteiger partial charge in [0.15, 0.2) is 0 Å². The van der Waals surface area contributed by atoms with Crippen LogP contribution in [0.3, 0.4) is 0 Å². The molecule has 0 aliphatic heterocycles. The Balaban J connectivity index is 1.77. The molecule has 1 N–H and O–H groups in total. The van der Waals surface area contributed by atoms with E-state index in [0.717, 1.165) is 53.5 Å². The lowest BCUT2D eigenvalue weighted by molar-refractivity contribution is -0.136. The standard InChI is InChI=1S/C26H31N3O2S/c1-20(2)29(16-9-10-17-32-18-15-24(30)31)23-19-27-25(21-11-5-3-6-12-21)26(28-23)22-13-7-4-8-14-22/h3-8,11-14,19-20H,9-10,15-18H2,1-2H3,(H,30,31). The quantitative estimate of drug-likeness (QED) is 0.341. The lowest BCUT2D eigenvalue weighted by Gasteiger charge is -2.28. The Hall–Kier alpha value is -2.86. The van der Waals surface area contributed by atoms with Crippen molar-refractivity contribution < 1.29 is 9.90 Å². The van der Waals surface area contributed by atoms with Gasteiger partial charge in [0.2, 0.25) is 0 Å². The van der Waals surface area contributed by atoms with Crippen molar-refractivity contribution in [3.8, 4) is 22.5 Å². The normalized spacial score (nSPS) is 11.0. The molecule has 0 bridgehead atoms. The van der Waals surface area contributed by atoms with Crippen molar-refractivity contribution in [3.63, 3.8) is 0 Å². The molecule has 0 spiro atoms. The molecule has 0 radical (unpaired) electrons. The molecule has 6 heteroatoms. The van der Waals surface area contributed by atoms with Gasteiger partial charge in [-0.3, -0.25) is 9.78 Å². The van der Waals surface area contributed by atoms with Crippen molar-refractivity contribution in [2.24, 2.45) is 0 Å². The first-order valence-corrected chi connectivity index (χ1v) is 12.3. The second-order valence-corrected chi connectivity index (χ2v) is 9.13. The van der Waals surface area contributed by atoms with Crippen LogP contribution in [0.5, 0.6) is 0 Å². The minimum atomic E-state index is -0.727. The minimum Gasteiger partial charge on any atom is -0.481 e. The number of carboxylic acid groups (broad SMARTS) is 1. The SMILES string of the molecule is CC(C)N(CCCCSCCC(=O)O)c1cnc(-c2ccccc2)c(-c2ccccc2)n1. The first kappa shape index (κ1) is 23.8. The zero-order valence-corrected chi connectivity index (χ0v) is 19.6. The molecule has 2 aromatic carbocycles. The van der Waals surface area contributed by atoms with Crippen LogP contribution in [0.25, 0.3) is 22.5 Å². The fourth-order valence-electron chi connectivity index (χ4n) is 3.51. The van der Waals surface area contributed by atoms with Gasteiger partial charge in [-0.05, 0) is 32.4 Å². The number of thioether (sulfide) groups is 1. The maximum Gasteiger partial charge on any atom is 0.304 e. The lowest BCUT2D eigenvalue weighted by atomic mass is 10.0. The number of hydrogen-bond acceptors (Lipinski definition) is 5. The van der Waals surface area contributed by atoms with Crippen molar-refractivity contribution in [1.82, 2.24) is 9.97 Å². The van der Waals surface area contributed by atoms with E-state index in [1.54, 1.807) is 11.8 Å². The molecular weight excluding hydrogens is 418 g/mol.